The van der Waals surface area contributed by atoms with Crippen LogP contribution in [0.1, 0.15) is 12.5 Å². The van der Waals surface area contributed by atoms with Crippen molar-refractivity contribution < 1.29 is 13.9 Å². The molecule has 0 aliphatic carbocycles. The van der Waals surface area contributed by atoms with Crippen LogP contribution in [0.2, 0.25) is 5.02 Å². The maximum atomic E-state index is 13.0. The van der Waals surface area contributed by atoms with E-state index in [4.69, 9.17) is 27.9 Å². The standard InChI is InChI=1S/C11H9Cl2FO2/c1-2-16-11(15)9(10(13)14)7-3-5-8(12)6-4-7/h3-6H,2H2,1H3. The van der Waals surface area contributed by atoms with E-state index in [2.05, 4.69) is 0 Å². The van der Waals surface area contributed by atoms with Crippen molar-refractivity contribution in [1.82, 2.24) is 0 Å². The average molecular weight is 263 g/mol. The zero-order chi connectivity index (χ0) is 12.1. The van der Waals surface area contributed by atoms with Gasteiger partial charge in [0.25, 0.3) is 0 Å². The van der Waals surface area contributed by atoms with Crippen LogP contribution in [0.25, 0.3) is 5.57 Å². The van der Waals surface area contributed by atoms with E-state index in [1.165, 1.54) is 24.3 Å². The second-order valence-corrected chi connectivity index (χ2v) is 3.63. The highest BCUT2D eigenvalue weighted by molar-refractivity contribution is 6.37. The second kappa shape index (κ2) is 5.87. The minimum absolute atomic E-state index is 0.153. The molecule has 1 aromatic carbocycles. The maximum Gasteiger partial charge on any atom is 0.342 e. The molecule has 0 spiro atoms. The van der Waals surface area contributed by atoms with E-state index < -0.39 is 11.3 Å². The van der Waals surface area contributed by atoms with Crippen molar-refractivity contribution in [2.45, 2.75) is 6.92 Å². The summed E-state index contributed by atoms with van der Waals surface area (Å²) in [5.74, 6) is -0.794. The minimum atomic E-state index is -1.10. The summed E-state index contributed by atoms with van der Waals surface area (Å²) >= 11 is 10.9. The number of carbonyl (C=O) groups excluding carboxylic acids is 1. The smallest absolute Gasteiger partial charge is 0.342 e. The second-order valence-electron chi connectivity index (χ2n) is 2.86. The van der Waals surface area contributed by atoms with Gasteiger partial charge in [0.1, 0.15) is 5.57 Å². The van der Waals surface area contributed by atoms with Crippen molar-refractivity contribution in [2.24, 2.45) is 0 Å². The van der Waals surface area contributed by atoms with Crippen LogP contribution in [-0.2, 0) is 9.53 Å². The Labute approximate surface area is 103 Å². The van der Waals surface area contributed by atoms with Crippen molar-refractivity contribution in [2.75, 3.05) is 6.61 Å². The molecule has 0 N–H and O–H groups in total. The SMILES string of the molecule is CCOC(=O)C(=C(F)Cl)c1ccc(Cl)cc1. The zero-order valence-corrected chi connectivity index (χ0v) is 9.98. The molecule has 0 atom stereocenters. The first-order valence-electron chi connectivity index (χ1n) is 4.54. The molecular weight excluding hydrogens is 254 g/mol. The number of ether oxygens (including phenoxy) is 1. The van der Waals surface area contributed by atoms with Crippen LogP contribution in [0.5, 0.6) is 0 Å². The molecule has 0 aliphatic rings. The Bertz CT molecular complexity index is 408. The van der Waals surface area contributed by atoms with Gasteiger partial charge in [-0.15, -0.1) is 0 Å². The molecule has 16 heavy (non-hydrogen) atoms. The Hall–Kier alpha value is -1.06. The normalized spacial score (nSPS) is 12.0. The lowest BCUT2D eigenvalue weighted by molar-refractivity contribution is -0.136. The summed E-state index contributed by atoms with van der Waals surface area (Å²) in [6.45, 7) is 1.78. The van der Waals surface area contributed by atoms with E-state index in [0.717, 1.165) is 0 Å². The molecule has 2 nitrogen and oxygen atoms in total. The molecule has 0 saturated heterocycles. The maximum absolute atomic E-state index is 13.0. The first kappa shape index (κ1) is 13.0. The van der Waals surface area contributed by atoms with Crippen LogP contribution in [0, 0.1) is 0 Å². The van der Waals surface area contributed by atoms with E-state index in [-0.39, 0.29) is 12.2 Å². The van der Waals surface area contributed by atoms with E-state index in [0.29, 0.717) is 10.6 Å². The molecule has 0 aliphatic heterocycles. The van der Waals surface area contributed by atoms with E-state index >= 15 is 0 Å². The number of carbonyl (C=O) groups is 1. The molecule has 0 unspecified atom stereocenters. The summed E-state index contributed by atoms with van der Waals surface area (Å²) in [5.41, 5.74) is 0.0375. The molecule has 0 aromatic heterocycles. The van der Waals surface area contributed by atoms with Crippen LogP contribution in [0.15, 0.2) is 29.6 Å². The summed E-state index contributed by atoms with van der Waals surface area (Å²) in [7, 11) is 0. The number of esters is 1. The highest BCUT2D eigenvalue weighted by Crippen LogP contribution is 2.25. The van der Waals surface area contributed by atoms with Gasteiger partial charge >= 0.3 is 5.97 Å². The first-order valence-corrected chi connectivity index (χ1v) is 5.30. The molecule has 0 amide bonds. The topological polar surface area (TPSA) is 26.3 Å². The van der Waals surface area contributed by atoms with Crippen LogP contribution >= 0.6 is 23.2 Å². The molecule has 0 bridgehead atoms. The first-order chi connectivity index (χ1) is 7.56. The fourth-order valence-electron chi connectivity index (χ4n) is 1.12. The van der Waals surface area contributed by atoms with Crippen molar-refractivity contribution in [3.63, 3.8) is 0 Å². The summed E-state index contributed by atoms with van der Waals surface area (Å²) in [5, 5.41) is -0.609. The summed E-state index contributed by atoms with van der Waals surface area (Å²) in [4.78, 5) is 11.4. The van der Waals surface area contributed by atoms with Crippen LogP contribution in [-0.4, -0.2) is 12.6 Å². The van der Waals surface area contributed by atoms with Crippen LogP contribution in [0.4, 0.5) is 4.39 Å². The lowest BCUT2D eigenvalue weighted by Gasteiger charge is -2.06. The van der Waals surface area contributed by atoms with Gasteiger partial charge in [0, 0.05) is 5.02 Å². The fraction of sp³-hybridized carbons (Fsp3) is 0.182. The third-order valence-electron chi connectivity index (χ3n) is 1.80. The molecule has 0 radical (unpaired) electrons. The van der Waals surface area contributed by atoms with Crippen molar-refractivity contribution in [1.29, 1.82) is 0 Å². The molecule has 1 rings (SSSR count). The Morgan fingerprint density at radius 2 is 1.94 bits per heavy atom. The molecular formula is C11H9Cl2FO2. The van der Waals surface area contributed by atoms with Gasteiger partial charge in [0.15, 0.2) is 0 Å². The highest BCUT2D eigenvalue weighted by atomic mass is 35.5. The fourth-order valence-corrected chi connectivity index (χ4v) is 1.44. The quantitative estimate of drug-likeness (QED) is 0.612. The lowest BCUT2D eigenvalue weighted by atomic mass is 10.1. The van der Waals surface area contributed by atoms with Gasteiger partial charge < -0.3 is 4.74 Å². The van der Waals surface area contributed by atoms with Crippen molar-refractivity contribution >= 4 is 34.7 Å². The number of rotatable bonds is 3. The van der Waals surface area contributed by atoms with Crippen molar-refractivity contribution in [3.8, 4) is 0 Å². The Morgan fingerprint density at radius 1 is 1.38 bits per heavy atom. The lowest BCUT2D eigenvalue weighted by Crippen LogP contribution is -2.07. The third kappa shape index (κ3) is 3.22. The predicted molar refractivity (Wildman–Crippen MR) is 62.0 cm³/mol. The third-order valence-corrected chi connectivity index (χ3v) is 2.24. The van der Waals surface area contributed by atoms with Gasteiger partial charge in [-0.2, -0.15) is 4.39 Å². The van der Waals surface area contributed by atoms with Crippen molar-refractivity contribution in [3.05, 3.63) is 40.1 Å². The van der Waals surface area contributed by atoms with Gasteiger partial charge in [-0.05, 0) is 24.6 Å². The highest BCUT2D eigenvalue weighted by Gasteiger charge is 2.18. The largest absolute Gasteiger partial charge is 0.462 e. The predicted octanol–water partition coefficient (Wildman–Crippen LogP) is 3.78. The van der Waals surface area contributed by atoms with Crippen LogP contribution < -0.4 is 0 Å². The molecule has 86 valence electrons. The van der Waals surface area contributed by atoms with Gasteiger partial charge in [-0.25, -0.2) is 4.79 Å². The van der Waals surface area contributed by atoms with E-state index in [9.17, 15) is 9.18 Å². The monoisotopic (exact) mass is 262 g/mol. The molecule has 0 fully saturated rings. The number of halogens is 3. The molecule has 0 saturated carbocycles. The summed E-state index contributed by atoms with van der Waals surface area (Å²) in [6, 6.07) is 6.07. The van der Waals surface area contributed by atoms with E-state index in [1.807, 2.05) is 0 Å². The Balaban J connectivity index is 3.10. The van der Waals surface area contributed by atoms with Gasteiger partial charge in [0.05, 0.1) is 6.61 Å². The molecule has 5 heteroatoms. The van der Waals surface area contributed by atoms with Gasteiger partial charge in [-0.1, -0.05) is 35.3 Å². The Kier molecular flexibility index (Phi) is 4.77. The number of benzene rings is 1. The van der Waals surface area contributed by atoms with E-state index in [1.54, 1.807) is 6.92 Å². The molecule has 0 heterocycles. The molecule has 1 aromatic rings. The minimum Gasteiger partial charge on any atom is -0.462 e. The summed E-state index contributed by atoms with van der Waals surface area (Å²) < 4.78 is 17.7. The number of hydrogen-bond acceptors (Lipinski definition) is 2. The van der Waals surface area contributed by atoms with Gasteiger partial charge in [0.2, 0.25) is 5.29 Å². The zero-order valence-electron chi connectivity index (χ0n) is 8.47. The Morgan fingerprint density at radius 3 is 2.38 bits per heavy atom. The average Bonchev–Trinajstić information content (AvgIpc) is 2.21. The van der Waals surface area contributed by atoms with Crippen LogP contribution in [0.3, 0.4) is 0 Å². The van der Waals surface area contributed by atoms with Gasteiger partial charge in [-0.3, -0.25) is 0 Å². The summed E-state index contributed by atoms with van der Waals surface area (Å²) in [6.07, 6.45) is 0. The number of hydrogen-bond donors (Lipinski definition) is 0.